The first-order valence-electron chi connectivity index (χ1n) is 6.27. The van der Waals surface area contributed by atoms with Crippen LogP contribution in [0.5, 0.6) is 0 Å². The molecule has 2 N–H and O–H groups in total. The monoisotopic (exact) mass is 262 g/mol. The third-order valence-corrected chi connectivity index (χ3v) is 3.14. The summed E-state index contributed by atoms with van der Waals surface area (Å²) < 4.78 is 5.22. The summed E-state index contributed by atoms with van der Waals surface area (Å²) in [5.74, 6) is -0.437. The Morgan fingerprint density at radius 1 is 1.32 bits per heavy atom. The lowest BCUT2D eigenvalue weighted by Crippen LogP contribution is -2.22. The van der Waals surface area contributed by atoms with Crippen molar-refractivity contribution in [2.24, 2.45) is 0 Å². The first kappa shape index (κ1) is 13.4. The minimum atomic E-state index is -0.422. The molecular formula is C14H18N2O3. The van der Waals surface area contributed by atoms with Gasteiger partial charge in [0.2, 0.25) is 5.91 Å². The van der Waals surface area contributed by atoms with Gasteiger partial charge in [0.15, 0.2) is 0 Å². The summed E-state index contributed by atoms with van der Waals surface area (Å²) in [7, 11) is 0. The third kappa shape index (κ3) is 2.54. The fourth-order valence-corrected chi connectivity index (χ4v) is 2.23. The van der Waals surface area contributed by atoms with Crippen molar-refractivity contribution in [1.82, 2.24) is 4.90 Å². The highest BCUT2D eigenvalue weighted by molar-refractivity contribution is 5.97. The molecule has 0 saturated heterocycles. The van der Waals surface area contributed by atoms with Gasteiger partial charge in [-0.2, -0.15) is 0 Å². The Balaban J connectivity index is 2.39. The molecule has 5 heteroatoms. The largest absolute Gasteiger partial charge is 0.459 e. The van der Waals surface area contributed by atoms with Gasteiger partial charge in [-0.3, -0.25) is 4.79 Å². The number of carbonyl (C=O) groups is 2. The Morgan fingerprint density at radius 3 is 2.58 bits per heavy atom. The first-order valence-corrected chi connectivity index (χ1v) is 6.27. The van der Waals surface area contributed by atoms with Crippen LogP contribution in [0.1, 0.15) is 42.3 Å². The highest BCUT2D eigenvalue weighted by Crippen LogP contribution is 2.30. The fourth-order valence-electron chi connectivity index (χ4n) is 2.23. The Kier molecular flexibility index (Phi) is 3.46. The number of amides is 1. The number of fused-ring (bicyclic) bond motifs is 1. The number of ether oxygens (including phenoxy) is 1. The van der Waals surface area contributed by atoms with Crippen LogP contribution in [0.2, 0.25) is 0 Å². The third-order valence-electron chi connectivity index (χ3n) is 3.14. The van der Waals surface area contributed by atoms with Gasteiger partial charge in [0, 0.05) is 25.7 Å². The van der Waals surface area contributed by atoms with Crippen molar-refractivity contribution in [1.29, 1.82) is 0 Å². The zero-order chi connectivity index (χ0) is 14.2. The Hall–Kier alpha value is -2.04. The molecule has 1 aromatic carbocycles. The van der Waals surface area contributed by atoms with E-state index in [1.165, 1.54) is 6.92 Å². The summed E-state index contributed by atoms with van der Waals surface area (Å²) in [6.45, 7) is 6.03. The average molecular weight is 262 g/mol. The van der Waals surface area contributed by atoms with Crippen molar-refractivity contribution in [3.8, 4) is 0 Å². The minimum absolute atomic E-state index is 0.0158. The van der Waals surface area contributed by atoms with Crippen LogP contribution >= 0.6 is 0 Å². The molecule has 0 radical (unpaired) electrons. The quantitative estimate of drug-likeness (QED) is 0.650. The summed E-state index contributed by atoms with van der Waals surface area (Å²) in [5, 5.41) is 0. The van der Waals surface area contributed by atoms with Crippen molar-refractivity contribution in [2.75, 3.05) is 5.73 Å². The number of nitrogens with zero attached hydrogens (tertiary/aromatic N) is 1. The number of benzene rings is 1. The Labute approximate surface area is 112 Å². The average Bonchev–Trinajstić information content (AvgIpc) is 2.71. The highest BCUT2D eigenvalue weighted by Gasteiger charge is 2.28. The second-order valence-electron chi connectivity index (χ2n) is 5.00. The van der Waals surface area contributed by atoms with Gasteiger partial charge in [0.05, 0.1) is 11.7 Å². The van der Waals surface area contributed by atoms with Crippen LogP contribution in [0.4, 0.5) is 5.69 Å². The maximum atomic E-state index is 12.1. The second kappa shape index (κ2) is 4.91. The Morgan fingerprint density at radius 2 is 2.00 bits per heavy atom. The van der Waals surface area contributed by atoms with E-state index >= 15 is 0 Å². The lowest BCUT2D eigenvalue weighted by atomic mass is 10.0. The SMILES string of the molecule is CC(=O)N1Cc2ccc(N)c(C(=O)OC(C)C)c2C1. The summed E-state index contributed by atoms with van der Waals surface area (Å²) in [6, 6.07) is 3.55. The predicted octanol–water partition coefficient (Wildman–Crippen LogP) is 1.70. The number of hydrogen-bond donors (Lipinski definition) is 1. The summed E-state index contributed by atoms with van der Waals surface area (Å²) >= 11 is 0. The summed E-state index contributed by atoms with van der Waals surface area (Å²) in [5.41, 5.74) is 8.45. The van der Waals surface area contributed by atoms with Gasteiger partial charge in [-0.1, -0.05) is 6.07 Å². The normalized spacial score (nSPS) is 13.6. The van der Waals surface area contributed by atoms with Crippen LogP contribution in [0.3, 0.4) is 0 Å². The van der Waals surface area contributed by atoms with Gasteiger partial charge < -0.3 is 15.4 Å². The molecule has 0 saturated carbocycles. The molecule has 2 rings (SSSR count). The van der Waals surface area contributed by atoms with Crippen molar-refractivity contribution in [3.63, 3.8) is 0 Å². The molecule has 0 atom stereocenters. The van der Waals surface area contributed by atoms with Crippen molar-refractivity contribution >= 4 is 17.6 Å². The maximum Gasteiger partial charge on any atom is 0.340 e. The van der Waals surface area contributed by atoms with E-state index < -0.39 is 5.97 Å². The molecule has 1 amide bonds. The number of rotatable bonds is 2. The fraction of sp³-hybridized carbons (Fsp3) is 0.429. The molecule has 0 bridgehead atoms. The van der Waals surface area contributed by atoms with Crippen LogP contribution in [0.25, 0.3) is 0 Å². The lowest BCUT2D eigenvalue weighted by molar-refractivity contribution is -0.129. The van der Waals surface area contributed by atoms with Crippen LogP contribution in [0, 0.1) is 0 Å². The maximum absolute atomic E-state index is 12.1. The molecular weight excluding hydrogens is 244 g/mol. The number of nitrogens with two attached hydrogens (primary N) is 1. The van der Waals surface area contributed by atoms with Gasteiger partial charge in [-0.15, -0.1) is 0 Å². The van der Waals surface area contributed by atoms with E-state index in [0.29, 0.717) is 24.3 Å². The van der Waals surface area contributed by atoms with Crippen molar-refractivity contribution in [2.45, 2.75) is 40.0 Å². The van der Waals surface area contributed by atoms with Crippen molar-refractivity contribution in [3.05, 3.63) is 28.8 Å². The van der Waals surface area contributed by atoms with E-state index in [4.69, 9.17) is 10.5 Å². The molecule has 19 heavy (non-hydrogen) atoms. The standard InChI is InChI=1S/C14H18N2O3/c1-8(2)19-14(18)13-11-7-16(9(3)17)6-10(11)4-5-12(13)15/h4-5,8H,6-7,15H2,1-3H3. The van der Waals surface area contributed by atoms with E-state index in [9.17, 15) is 9.59 Å². The van der Waals surface area contributed by atoms with Crippen LogP contribution < -0.4 is 5.73 Å². The molecule has 1 aliphatic rings. The van der Waals surface area contributed by atoms with Gasteiger partial charge in [0.25, 0.3) is 0 Å². The molecule has 0 aromatic heterocycles. The van der Waals surface area contributed by atoms with Gasteiger partial charge >= 0.3 is 5.97 Å². The molecule has 1 heterocycles. The van der Waals surface area contributed by atoms with Gasteiger partial charge in [-0.25, -0.2) is 4.79 Å². The van der Waals surface area contributed by atoms with E-state index in [1.54, 1.807) is 24.8 Å². The summed E-state index contributed by atoms with van der Waals surface area (Å²) in [4.78, 5) is 25.2. The van der Waals surface area contributed by atoms with Crippen LogP contribution in [0.15, 0.2) is 12.1 Å². The Bertz CT molecular complexity index is 538. The smallest absolute Gasteiger partial charge is 0.340 e. The van der Waals surface area contributed by atoms with E-state index in [1.807, 2.05) is 6.07 Å². The number of esters is 1. The number of carbonyl (C=O) groups excluding carboxylic acids is 2. The predicted molar refractivity (Wildman–Crippen MR) is 71.3 cm³/mol. The van der Waals surface area contributed by atoms with Gasteiger partial charge in [0.1, 0.15) is 0 Å². The zero-order valence-electron chi connectivity index (χ0n) is 11.4. The van der Waals surface area contributed by atoms with Crippen molar-refractivity contribution < 1.29 is 14.3 Å². The van der Waals surface area contributed by atoms with E-state index in [2.05, 4.69) is 0 Å². The topological polar surface area (TPSA) is 72.6 Å². The summed E-state index contributed by atoms with van der Waals surface area (Å²) in [6.07, 6.45) is -0.201. The first-order chi connectivity index (χ1) is 8.90. The molecule has 1 aliphatic heterocycles. The highest BCUT2D eigenvalue weighted by atomic mass is 16.5. The minimum Gasteiger partial charge on any atom is -0.459 e. The molecule has 0 aliphatic carbocycles. The number of hydrogen-bond acceptors (Lipinski definition) is 4. The second-order valence-corrected chi connectivity index (χ2v) is 5.00. The van der Waals surface area contributed by atoms with Crippen LogP contribution in [-0.2, 0) is 22.6 Å². The van der Waals surface area contributed by atoms with Crippen LogP contribution in [-0.4, -0.2) is 22.9 Å². The lowest BCUT2D eigenvalue weighted by Gasteiger charge is -2.14. The van der Waals surface area contributed by atoms with Gasteiger partial charge in [-0.05, 0) is 31.0 Å². The van der Waals surface area contributed by atoms with E-state index in [0.717, 1.165) is 11.1 Å². The molecule has 0 fully saturated rings. The molecule has 5 nitrogen and oxygen atoms in total. The molecule has 0 spiro atoms. The molecule has 102 valence electrons. The molecule has 1 aromatic rings. The zero-order valence-corrected chi connectivity index (χ0v) is 11.4. The van der Waals surface area contributed by atoms with E-state index in [-0.39, 0.29) is 12.0 Å². The number of nitrogen functional groups attached to an aromatic ring is 1. The number of anilines is 1. The molecule has 0 unspecified atom stereocenters.